The minimum Gasteiger partial charge on any atom is -0.442 e. The van der Waals surface area contributed by atoms with Crippen molar-refractivity contribution in [3.63, 3.8) is 0 Å². The molecule has 0 aliphatic rings. The highest BCUT2D eigenvalue weighted by Crippen LogP contribution is 2.20. The van der Waals surface area contributed by atoms with Gasteiger partial charge >= 0.3 is 6.09 Å². The van der Waals surface area contributed by atoms with Crippen LogP contribution in [0.1, 0.15) is 44.6 Å². The molecule has 0 aliphatic heterocycles. The third-order valence-corrected chi connectivity index (χ3v) is 5.26. The molecule has 0 bridgehead atoms. The minimum atomic E-state index is -0.592. The summed E-state index contributed by atoms with van der Waals surface area (Å²) in [5, 5.41) is 15.4. The zero-order valence-electron chi connectivity index (χ0n) is 21.6. The minimum absolute atomic E-state index is 0.424. The molecule has 12 heteroatoms. The zero-order valence-corrected chi connectivity index (χ0v) is 21.6. The van der Waals surface area contributed by atoms with Crippen LogP contribution in [0.3, 0.4) is 0 Å². The predicted octanol–water partition coefficient (Wildman–Crippen LogP) is 3.34. The first-order chi connectivity index (χ1) is 17.8. The van der Waals surface area contributed by atoms with Crippen LogP contribution in [0.5, 0.6) is 0 Å². The van der Waals surface area contributed by atoms with Crippen molar-refractivity contribution in [3.8, 4) is 0 Å². The molecule has 0 radical (unpaired) electrons. The highest BCUT2D eigenvalue weighted by Gasteiger charge is 2.19. The molecule has 0 aromatic carbocycles. The summed E-state index contributed by atoms with van der Waals surface area (Å²) < 4.78 is 13.9. The van der Waals surface area contributed by atoms with E-state index in [1.807, 2.05) is 35.1 Å². The third kappa shape index (κ3) is 7.23. The standard InChI is InChI=1S/C25H33N9O3/c1-5-19-16-30-34-22(28-15-18-7-6-9-26-14-18)13-21(31-23(19)34)27-10-12-36-11-8-20-29-17-33(32-20)24(35)37-25(2,3)4/h6-7,9,13-14,16-17,28H,5,8,10-12,15H2,1-4H3,(H,27,31). The maximum atomic E-state index is 12.0. The van der Waals surface area contributed by atoms with Crippen LogP contribution in [0.25, 0.3) is 5.65 Å². The molecule has 0 saturated heterocycles. The first-order valence-electron chi connectivity index (χ1n) is 12.3. The fraction of sp³-hybridized carbons (Fsp3) is 0.440. The molecular weight excluding hydrogens is 474 g/mol. The van der Waals surface area contributed by atoms with Gasteiger partial charge in [-0.25, -0.2) is 14.8 Å². The number of anilines is 2. The summed E-state index contributed by atoms with van der Waals surface area (Å²) in [5.74, 6) is 2.09. The van der Waals surface area contributed by atoms with Gasteiger partial charge in [-0.2, -0.15) is 14.3 Å². The number of pyridine rings is 1. The second-order valence-electron chi connectivity index (χ2n) is 9.38. The second kappa shape index (κ2) is 11.8. The molecule has 0 atom stereocenters. The molecule has 196 valence electrons. The third-order valence-electron chi connectivity index (χ3n) is 5.26. The Hall–Kier alpha value is -4.06. The Morgan fingerprint density at radius 1 is 1.16 bits per heavy atom. The molecule has 4 aromatic rings. The lowest BCUT2D eigenvalue weighted by Gasteiger charge is -2.18. The van der Waals surface area contributed by atoms with E-state index >= 15 is 0 Å². The lowest BCUT2D eigenvalue weighted by Crippen LogP contribution is -2.27. The molecule has 4 heterocycles. The van der Waals surface area contributed by atoms with E-state index in [1.165, 1.54) is 6.33 Å². The number of ether oxygens (including phenoxy) is 2. The van der Waals surface area contributed by atoms with Gasteiger partial charge in [0.05, 0.1) is 19.4 Å². The number of fused-ring (bicyclic) bond motifs is 1. The van der Waals surface area contributed by atoms with Crippen LogP contribution in [0.2, 0.25) is 0 Å². The maximum Gasteiger partial charge on any atom is 0.436 e. The van der Waals surface area contributed by atoms with Gasteiger partial charge in [0, 0.05) is 43.5 Å². The van der Waals surface area contributed by atoms with E-state index in [9.17, 15) is 4.79 Å². The summed E-state index contributed by atoms with van der Waals surface area (Å²) in [4.78, 5) is 25.1. The van der Waals surface area contributed by atoms with Crippen molar-refractivity contribution in [2.45, 2.75) is 52.7 Å². The first kappa shape index (κ1) is 26.0. The smallest absolute Gasteiger partial charge is 0.436 e. The monoisotopic (exact) mass is 507 g/mol. The summed E-state index contributed by atoms with van der Waals surface area (Å²) in [7, 11) is 0. The second-order valence-corrected chi connectivity index (χ2v) is 9.38. The van der Waals surface area contributed by atoms with Gasteiger partial charge in [0.25, 0.3) is 0 Å². The van der Waals surface area contributed by atoms with E-state index < -0.39 is 11.7 Å². The normalized spacial score (nSPS) is 11.6. The van der Waals surface area contributed by atoms with E-state index in [4.69, 9.17) is 14.5 Å². The maximum absolute atomic E-state index is 12.0. The fourth-order valence-corrected chi connectivity index (χ4v) is 3.49. The number of aromatic nitrogens is 7. The van der Waals surface area contributed by atoms with Gasteiger partial charge in [0.2, 0.25) is 0 Å². The molecule has 0 fully saturated rings. The molecule has 0 amide bonds. The van der Waals surface area contributed by atoms with Crippen molar-refractivity contribution in [1.82, 2.24) is 34.3 Å². The average molecular weight is 508 g/mol. The average Bonchev–Trinajstić information content (AvgIpc) is 3.51. The molecular formula is C25H33N9O3. The van der Waals surface area contributed by atoms with E-state index in [0.717, 1.165) is 39.5 Å². The molecule has 4 aromatic heterocycles. The number of nitrogens with zero attached hydrogens (tertiary/aromatic N) is 7. The van der Waals surface area contributed by atoms with Crippen molar-refractivity contribution in [3.05, 3.63) is 60.1 Å². The number of nitrogens with one attached hydrogen (secondary N) is 2. The molecule has 0 saturated carbocycles. The number of hydrogen-bond acceptors (Lipinski definition) is 10. The quantitative estimate of drug-likeness (QED) is 0.291. The predicted molar refractivity (Wildman–Crippen MR) is 139 cm³/mol. The van der Waals surface area contributed by atoms with E-state index in [1.54, 1.807) is 27.0 Å². The van der Waals surface area contributed by atoms with Gasteiger partial charge in [-0.3, -0.25) is 4.98 Å². The lowest BCUT2D eigenvalue weighted by molar-refractivity contribution is 0.0513. The Morgan fingerprint density at radius 2 is 2.03 bits per heavy atom. The van der Waals surface area contributed by atoms with Crippen molar-refractivity contribution < 1.29 is 14.3 Å². The highest BCUT2D eigenvalue weighted by molar-refractivity contribution is 5.69. The molecule has 0 unspecified atom stereocenters. The van der Waals surface area contributed by atoms with Gasteiger partial charge in [0.1, 0.15) is 23.6 Å². The molecule has 37 heavy (non-hydrogen) atoms. The molecule has 0 aliphatic carbocycles. The van der Waals surface area contributed by atoms with Gasteiger partial charge in [-0.1, -0.05) is 13.0 Å². The van der Waals surface area contributed by atoms with Gasteiger partial charge in [0.15, 0.2) is 11.5 Å². The number of carbonyl (C=O) groups is 1. The zero-order chi connectivity index (χ0) is 26.3. The van der Waals surface area contributed by atoms with Crippen LogP contribution >= 0.6 is 0 Å². The van der Waals surface area contributed by atoms with Gasteiger partial charge in [-0.15, -0.1) is 5.10 Å². The van der Waals surface area contributed by atoms with Crippen LogP contribution in [-0.2, 0) is 28.9 Å². The number of carbonyl (C=O) groups excluding carboxylic acids is 1. The number of rotatable bonds is 11. The van der Waals surface area contributed by atoms with E-state index in [-0.39, 0.29) is 0 Å². The van der Waals surface area contributed by atoms with Crippen molar-refractivity contribution >= 4 is 23.4 Å². The largest absolute Gasteiger partial charge is 0.442 e. The Labute approximate surface area is 215 Å². The number of hydrogen-bond donors (Lipinski definition) is 2. The van der Waals surface area contributed by atoms with Gasteiger partial charge in [-0.05, 0) is 38.8 Å². The van der Waals surface area contributed by atoms with Gasteiger partial charge < -0.3 is 20.1 Å². The van der Waals surface area contributed by atoms with Crippen molar-refractivity contribution in [2.75, 3.05) is 30.4 Å². The molecule has 12 nitrogen and oxygen atoms in total. The summed E-state index contributed by atoms with van der Waals surface area (Å²) in [6.45, 7) is 9.57. The Balaban J connectivity index is 1.28. The van der Waals surface area contributed by atoms with Crippen LogP contribution in [-0.4, -0.2) is 65.8 Å². The summed E-state index contributed by atoms with van der Waals surface area (Å²) in [6.07, 6.45) is 7.56. The Morgan fingerprint density at radius 3 is 2.78 bits per heavy atom. The first-order valence-corrected chi connectivity index (χ1v) is 12.3. The highest BCUT2D eigenvalue weighted by atomic mass is 16.6. The summed E-state index contributed by atoms with van der Waals surface area (Å²) >= 11 is 0. The number of aryl methyl sites for hydroxylation is 1. The van der Waals surface area contributed by atoms with Crippen molar-refractivity contribution in [1.29, 1.82) is 0 Å². The van der Waals surface area contributed by atoms with E-state index in [2.05, 4.69) is 37.7 Å². The Bertz CT molecular complexity index is 1310. The Kier molecular flexibility index (Phi) is 8.29. The van der Waals surface area contributed by atoms with Crippen LogP contribution in [0.15, 0.2) is 43.1 Å². The molecule has 0 spiro atoms. The summed E-state index contributed by atoms with van der Waals surface area (Å²) in [6, 6.07) is 5.87. The SMILES string of the molecule is CCc1cnn2c(NCc3cccnc3)cc(NCCOCCc3ncn(C(=O)OC(C)(C)C)n3)nc12. The van der Waals surface area contributed by atoms with Crippen molar-refractivity contribution in [2.24, 2.45) is 0 Å². The lowest BCUT2D eigenvalue weighted by atomic mass is 10.2. The topological polar surface area (TPSA) is 133 Å². The molecule has 2 N–H and O–H groups in total. The van der Waals surface area contributed by atoms with Crippen LogP contribution < -0.4 is 10.6 Å². The van der Waals surface area contributed by atoms with Crippen LogP contribution in [0, 0.1) is 0 Å². The van der Waals surface area contributed by atoms with E-state index in [0.29, 0.717) is 38.5 Å². The van der Waals surface area contributed by atoms with Crippen LogP contribution in [0.4, 0.5) is 16.4 Å². The summed E-state index contributed by atoms with van der Waals surface area (Å²) in [5.41, 5.74) is 2.37. The molecule has 4 rings (SSSR count). The fourth-order valence-electron chi connectivity index (χ4n) is 3.49.